The van der Waals surface area contributed by atoms with Crippen molar-refractivity contribution >= 4 is 44.0 Å². The minimum atomic E-state index is -0.712. The van der Waals surface area contributed by atoms with Gasteiger partial charge in [0, 0.05) is 24.7 Å². The number of ether oxygens (including phenoxy) is 2. The van der Waals surface area contributed by atoms with E-state index in [1.807, 2.05) is 85.9 Å². The Kier molecular flexibility index (Phi) is 8.37. The van der Waals surface area contributed by atoms with E-state index in [2.05, 4.69) is 16.0 Å². The molecule has 1 aromatic heterocycles. The van der Waals surface area contributed by atoms with Crippen LogP contribution in [0.25, 0.3) is 21.3 Å². The number of hydrogen-bond acceptors (Lipinski definition) is 8. The molecular formula is C32H32N4O4S. The minimum Gasteiger partial charge on any atom is -0.493 e. The van der Waals surface area contributed by atoms with E-state index < -0.39 is 6.10 Å². The molecule has 1 unspecified atom stereocenters. The molecule has 1 heterocycles. The molecule has 0 aliphatic carbocycles. The highest BCUT2D eigenvalue weighted by atomic mass is 32.1. The highest BCUT2D eigenvalue weighted by Gasteiger charge is 2.17. The van der Waals surface area contributed by atoms with Crippen LogP contribution in [0.4, 0.5) is 16.5 Å². The van der Waals surface area contributed by atoms with Gasteiger partial charge in [0.1, 0.15) is 0 Å². The summed E-state index contributed by atoms with van der Waals surface area (Å²) >= 11 is 1.58. The summed E-state index contributed by atoms with van der Waals surface area (Å²) in [6.07, 6.45) is -0.712. The molecule has 210 valence electrons. The molecule has 0 saturated carbocycles. The summed E-state index contributed by atoms with van der Waals surface area (Å²) < 4.78 is 12.1. The third kappa shape index (κ3) is 6.11. The molecule has 0 bridgehead atoms. The molecule has 1 amide bonds. The molecule has 0 radical (unpaired) electrons. The number of thiazole rings is 1. The van der Waals surface area contributed by atoms with Crippen LogP contribution in [0, 0.1) is 0 Å². The Labute approximate surface area is 243 Å². The average Bonchev–Trinajstić information content (AvgIpc) is 3.42. The zero-order valence-electron chi connectivity index (χ0n) is 23.3. The second-order valence-corrected chi connectivity index (χ2v) is 10.5. The Balaban J connectivity index is 1.28. The number of amides is 1. The van der Waals surface area contributed by atoms with Gasteiger partial charge in [0.15, 0.2) is 16.6 Å². The summed E-state index contributed by atoms with van der Waals surface area (Å²) in [6, 6.07) is 25.0. The lowest BCUT2D eigenvalue weighted by molar-refractivity contribution is 0.102. The number of aliphatic hydroxyl groups excluding tert-OH is 1. The van der Waals surface area contributed by atoms with Gasteiger partial charge in [-0.1, -0.05) is 41.7 Å². The average molecular weight is 569 g/mol. The number of anilines is 3. The van der Waals surface area contributed by atoms with Crippen LogP contribution in [0.2, 0.25) is 0 Å². The van der Waals surface area contributed by atoms with Gasteiger partial charge in [-0.15, -0.1) is 0 Å². The zero-order chi connectivity index (χ0) is 28.9. The number of hydrogen-bond donors (Lipinski definition) is 4. The number of methoxy groups -OCH3 is 2. The van der Waals surface area contributed by atoms with Crippen LogP contribution in [0.15, 0.2) is 78.9 Å². The van der Waals surface area contributed by atoms with Crippen LogP contribution in [-0.4, -0.2) is 37.3 Å². The number of carbonyl (C=O) groups is 1. The quantitative estimate of drug-likeness (QED) is 0.145. The van der Waals surface area contributed by atoms with E-state index in [-0.39, 0.29) is 5.91 Å². The van der Waals surface area contributed by atoms with Crippen LogP contribution in [0.1, 0.15) is 34.5 Å². The van der Waals surface area contributed by atoms with E-state index in [1.165, 1.54) is 0 Å². The largest absolute Gasteiger partial charge is 0.493 e. The van der Waals surface area contributed by atoms with Crippen molar-refractivity contribution in [1.82, 2.24) is 4.98 Å². The molecule has 8 nitrogen and oxygen atoms in total. The first kappa shape index (κ1) is 27.9. The Hall–Kier alpha value is -4.60. The van der Waals surface area contributed by atoms with E-state index in [9.17, 15) is 9.90 Å². The summed E-state index contributed by atoms with van der Waals surface area (Å²) in [6.45, 7) is 2.28. The number of aliphatic hydroxyl groups is 1. The van der Waals surface area contributed by atoms with Crippen LogP contribution in [-0.2, 0) is 6.54 Å². The summed E-state index contributed by atoms with van der Waals surface area (Å²) in [7, 11) is 4.97. The summed E-state index contributed by atoms with van der Waals surface area (Å²) in [5.74, 6) is 0.928. The molecular weight excluding hydrogens is 536 g/mol. The van der Waals surface area contributed by atoms with Crippen LogP contribution in [0.3, 0.4) is 0 Å². The molecule has 0 fully saturated rings. The standard InChI is InChI=1S/C32H32N4O4S/c1-19(37)24-15-23(17-28(39-3)30(24)40-4)22-13-14-29-27(16-22)36-32(41-29)34-18-20-9-11-21(12-10-20)31(38)35-26-8-6-5-7-25(26)33-2/h5-17,19,33,37H,18H2,1-4H3,(H,34,36)(H,35,38). The van der Waals surface area contributed by atoms with Gasteiger partial charge in [0.05, 0.1) is 41.9 Å². The van der Waals surface area contributed by atoms with Gasteiger partial charge in [-0.3, -0.25) is 4.79 Å². The number of nitrogens with zero attached hydrogens (tertiary/aromatic N) is 1. The normalized spacial score (nSPS) is 11.6. The molecule has 0 aliphatic heterocycles. The van der Waals surface area contributed by atoms with Gasteiger partial charge in [0.2, 0.25) is 0 Å². The highest BCUT2D eigenvalue weighted by Crippen LogP contribution is 2.40. The van der Waals surface area contributed by atoms with E-state index >= 15 is 0 Å². The molecule has 4 aromatic carbocycles. The number of nitrogens with one attached hydrogen (secondary N) is 3. The maximum absolute atomic E-state index is 12.7. The molecule has 5 aromatic rings. The van der Waals surface area contributed by atoms with Crippen molar-refractivity contribution in [2.24, 2.45) is 0 Å². The number of carbonyl (C=O) groups excluding carboxylic acids is 1. The molecule has 0 spiro atoms. The van der Waals surface area contributed by atoms with Gasteiger partial charge in [-0.05, 0) is 72.1 Å². The van der Waals surface area contributed by atoms with Gasteiger partial charge >= 0.3 is 0 Å². The maximum Gasteiger partial charge on any atom is 0.255 e. The second kappa shape index (κ2) is 12.3. The first-order valence-corrected chi connectivity index (χ1v) is 14.0. The fraction of sp³-hybridized carbons (Fsp3) is 0.188. The molecule has 5 rings (SSSR count). The van der Waals surface area contributed by atoms with E-state index in [4.69, 9.17) is 14.5 Å². The maximum atomic E-state index is 12.7. The van der Waals surface area contributed by atoms with Crippen molar-refractivity contribution in [3.8, 4) is 22.6 Å². The fourth-order valence-electron chi connectivity index (χ4n) is 4.61. The lowest BCUT2D eigenvalue weighted by Gasteiger charge is -2.17. The topological polar surface area (TPSA) is 105 Å². The molecule has 4 N–H and O–H groups in total. The van der Waals surface area contributed by atoms with Gasteiger partial charge in [0.25, 0.3) is 5.91 Å². The number of aromatic nitrogens is 1. The zero-order valence-corrected chi connectivity index (χ0v) is 24.1. The number of fused-ring (bicyclic) bond motifs is 1. The van der Waals surface area contributed by atoms with Crippen LogP contribution in [0.5, 0.6) is 11.5 Å². The lowest BCUT2D eigenvalue weighted by atomic mass is 9.99. The number of benzene rings is 4. The number of rotatable bonds is 10. The van der Waals surface area contributed by atoms with Gasteiger partial charge < -0.3 is 30.5 Å². The van der Waals surface area contributed by atoms with Crippen molar-refractivity contribution in [3.05, 3.63) is 95.6 Å². The van der Waals surface area contributed by atoms with E-state index in [0.29, 0.717) is 29.2 Å². The van der Waals surface area contributed by atoms with Gasteiger partial charge in [-0.25, -0.2) is 4.98 Å². The van der Waals surface area contributed by atoms with Crippen LogP contribution < -0.4 is 25.4 Å². The Morgan fingerprint density at radius 1 is 0.951 bits per heavy atom. The monoisotopic (exact) mass is 568 g/mol. The second-order valence-electron chi connectivity index (χ2n) is 9.48. The SMILES string of the molecule is CNc1ccccc1NC(=O)c1ccc(CNc2nc3cc(-c4cc(OC)c(OC)c(C(C)O)c4)ccc3s2)cc1. The Bertz CT molecular complexity index is 1680. The van der Waals surface area contributed by atoms with Gasteiger partial charge in [-0.2, -0.15) is 0 Å². The molecule has 41 heavy (non-hydrogen) atoms. The third-order valence-electron chi connectivity index (χ3n) is 6.78. The van der Waals surface area contributed by atoms with Crippen LogP contribution >= 0.6 is 11.3 Å². The Morgan fingerprint density at radius 2 is 1.71 bits per heavy atom. The van der Waals surface area contributed by atoms with Crippen molar-refractivity contribution in [2.45, 2.75) is 19.6 Å². The lowest BCUT2D eigenvalue weighted by Crippen LogP contribution is -2.13. The smallest absolute Gasteiger partial charge is 0.255 e. The predicted molar refractivity (Wildman–Crippen MR) is 167 cm³/mol. The van der Waals surface area contributed by atoms with Crippen molar-refractivity contribution < 1.29 is 19.4 Å². The van der Waals surface area contributed by atoms with E-state index in [1.54, 1.807) is 32.5 Å². The number of para-hydroxylation sites is 2. The molecule has 0 saturated heterocycles. The molecule has 1 atom stereocenters. The first-order chi connectivity index (χ1) is 19.9. The molecule has 0 aliphatic rings. The highest BCUT2D eigenvalue weighted by molar-refractivity contribution is 7.22. The minimum absolute atomic E-state index is 0.163. The van der Waals surface area contributed by atoms with Crippen molar-refractivity contribution in [2.75, 3.05) is 37.2 Å². The van der Waals surface area contributed by atoms with Crippen molar-refractivity contribution in [1.29, 1.82) is 0 Å². The van der Waals surface area contributed by atoms with Crippen molar-refractivity contribution in [3.63, 3.8) is 0 Å². The summed E-state index contributed by atoms with van der Waals surface area (Å²) in [4.78, 5) is 17.5. The summed E-state index contributed by atoms with van der Waals surface area (Å²) in [5.41, 5.74) is 6.61. The Morgan fingerprint density at radius 3 is 2.39 bits per heavy atom. The molecule has 9 heteroatoms. The van der Waals surface area contributed by atoms with E-state index in [0.717, 1.165) is 43.4 Å². The predicted octanol–water partition coefficient (Wildman–Crippen LogP) is 6.94. The summed E-state index contributed by atoms with van der Waals surface area (Å²) in [5, 5.41) is 20.5. The first-order valence-electron chi connectivity index (χ1n) is 13.2. The fourth-order valence-corrected chi connectivity index (χ4v) is 5.45. The third-order valence-corrected chi connectivity index (χ3v) is 7.78.